The molecule has 1 heterocycles. The molecule has 11 aliphatic carbocycles. The lowest BCUT2D eigenvalue weighted by Gasteiger charge is -2.34. The molecule has 2 fully saturated rings. The Hall–Kier alpha value is -7.38. The molecular formula is C82H80O3S2. The average molecular weight is 1180 g/mol. The van der Waals surface area contributed by atoms with Crippen molar-refractivity contribution in [2.24, 2.45) is 0 Å². The van der Waals surface area contributed by atoms with Gasteiger partial charge in [0.15, 0.2) is 0 Å². The molecular weight excluding hydrogens is 1100 g/mol. The van der Waals surface area contributed by atoms with E-state index in [1.54, 1.807) is 0 Å². The van der Waals surface area contributed by atoms with E-state index < -0.39 is 11.5 Å². The van der Waals surface area contributed by atoms with Gasteiger partial charge in [-0.15, -0.1) is 0 Å². The van der Waals surface area contributed by atoms with Crippen molar-refractivity contribution in [2.45, 2.75) is 105 Å². The van der Waals surface area contributed by atoms with Crippen molar-refractivity contribution in [3.8, 4) is 28.0 Å². The summed E-state index contributed by atoms with van der Waals surface area (Å²) >= 11 is 3.86. The van der Waals surface area contributed by atoms with E-state index in [9.17, 15) is 5.11 Å². The average Bonchev–Trinajstić information content (AvgIpc) is 1.63. The van der Waals surface area contributed by atoms with Gasteiger partial charge in [-0.25, -0.2) is 0 Å². The van der Waals surface area contributed by atoms with Gasteiger partial charge in [0.05, 0.1) is 12.7 Å². The molecule has 0 radical (unpaired) electrons. The van der Waals surface area contributed by atoms with Gasteiger partial charge in [0.1, 0.15) is 12.4 Å². The topological polar surface area (TPSA) is 49.7 Å². The lowest BCUT2D eigenvalue weighted by molar-refractivity contribution is 0.0964. The van der Waals surface area contributed by atoms with Crippen LogP contribution in [0.4, 0.5) is 0 Å². The second-order valence-corrected chi connectivity index (χ2v) is 27.3. The van der Waals surface area contributed by atoms with Crippen molar-refractivity contribution in [1.29, 1.82) is 0 Å². The van der Waals surface area contributed by atoms with Crippen LogP contribution in [0.5, 0.6) is 5.75 Å². The highest BCUT2D eigenvalue weighted by atomic mass is 32.2. The van der Waals surface area contributed by atoms with E-state index >= 15 is 0 Å². The largest absolute Gasteiger partial charge is 0.491 e. The fourth-order valence-electron chi connectivity index (χ4n) is 14.8. The fraction of sp³-hybridized carbons (Fsp3) is 0.268. The number of allylic oxidation sites excluding steroid dienone is 11. The zero-order valence-electron chi connectivity index (χ0n) is 50.4. The predicted molar refractivity (Wildman–Crippen MR) is 368 cm³/mol. The van der Waals surface area contributed by atoms with Gasteiger partial charge >= 0.3 is 0 Å². The summed E-state index contributed by atoms with van der Waals surface area (Å²) in [5.41, 5.74) is 22.5. The number of aliphatic hydroxyl groups is 2. The van der Waals surface area contributed by atoms with Crippen LogP contribution in [-0.4, -0.2) is 52.0 Å². The molecule has 1 saturated heterocycles. The molecule has 20 rings (SSSR count). The molecule has 14 bridgehead atoms. The van der Waals surface area contributed by atoms with E-state index in [1.807, 2.05) is 23.5 Å². The minimum atomic E-state index is -0.724. The first-order valence-electron chi connectivity index (χ1n) is 31.7. The number of aliphatic hydroxyl groups excluding tert-OH is 2. The summed E-state index contributed by atoms with van der Waals surface area (Å²) in [7, 11) is 0. The molecule has 1 saturated carbocycles. The third kappa shape index (κ3) is 12.1. The summed E-state index contributed by atoms with van der Waals surface area (Å²) in [6.45, 7) is 9.81. The van der Waals surface area contributed by atoms with Crippen LogP contribution in [0.1, 0.15) is 132 Å². The molecule has 87 heavy (non-hydrogen) atoms. The lowest BCUT2D eigenvalue weighted by Crippen LogP contribution is -2.28. The SMILES string of the molecule is C=C1/C=C\C(=C/C)C2(c3ccc(OCC(O)CC4c5ccc(cc5)-c5ccc(cc5)C5CC(Cc6ccccc6)(C6=CCC=CC=C65)c5ccc4cc5)cc3)CC(c3ccc(cc3)-c3ccc(cc3)C1CSCCCC)c1ccccc12.OCC1CS1. The van der Waals surface area contributed by atoms with Crippen molar-refractivity contribution in [2.75, 3.05) is 30.5 Å². The third-order valence-corrected chi connectivity index (χ3v) is 21.7. The van der Waals surface area contributed by atoms with Crippen LogP contribution in [0.25, 0.3) is 22.3 Å². The smallest absolute Gasteiger partial charge is 0.119 e. The van der Waals surface area contributed by atoms with Gasteiger partial charge in [0, 0.05) is 51.3 Å². The fourth-order valence-corrected chi connectivity index (χ4v) is 16.5. The molecule has 1 aliphatic heterocycles. The molecule has 8 atom stereocenters. The molecule has 3 nitrogen and oxygen atoms in total. The Balaban J connectivity index is 0.00000133. The summed E-state index contributed by atoms with van der Waals surface area (Å²) in [4.78, 5) is 0. The summed E-state index contributed by atoms with van der Waals surface area (Å²) < 4.78 is 6.63. The maximum absolute atomic E-state index is 12.2. The van der Waals surface area contributed by atoms with Gasteiger partial charge in [-0.1, -0.05) is 251 Å². The Morgan fingerprint density at radius 1 is 0.667 bits per heavy atom. The van der Waals surface area contributed by atoms with Gasteiger partial charge < -0.3 is 14.9 Å². The van der Waals surface area contributed by atoms with Crippen molar-refractivity contribution in [3.05, 3.63) is 327 Å². The Kier molecular flexibility index (Phi) is 17.6. The van der Waals surface area contributed by atoms with Crippen LogP contribution in [0.3, 0.4) is 0 Å². The Bertz CT molecular complexity index is 3850. The van der Waals surface area contributed by atoms with Crippen LogP contribution in [0.2, 0.25) is 0 Å². The van der Waals surface area contributed by atoms with Crippen molar-refractivity contribution in [1.82, 2.24) is 0 Å². The normalized spacial score (nSPS) is 24.0. The minimum absolute atomic E-state index is 0.0503. The summed E-state index contributed by atoms with van der Waals surface area (Å²) in [5, 5.41) is 21.0. The molecule has 438 valence electrons. The molecule has 2 N–H and O–H groups in total. The van der Waals surface area contributed by atoms with Crippen LogP contribution < -0.4 is 4.74 Å². The maximum atomic E-state index is 12.2. The monoisotopic (exact) mass is 1180 g/mol. The molecule has 8 aromatic carbocycles. The van der Waals surface area contributed by atoms with Crippen LogP contribution in [-0.2, 0) is 17.3 Å². The summed E-state index contributed by atoms with van der Waals surface area (Å²) in [6, 6.07) is 75.4. The molecule has 8 unspecified atom stereocenters. The Morgan fingerprint density at radius 3 is 1.86 bits per heavy atom. The standard InChI is InChI=1S/C79H74O2S.C3H6OS/c1-4-6-47-82-53-75-54(3)21-40-65(5-2)79(51-74(71-18-13-14-20-77(71)79)63-34-26-58(27-35-63)59-28-36-64(75)37-29-59)67-43-45-69(46-44-67)81-52-68(80)48-72-60-30-22-56(23-31-60)57-24-32-62(33-25-57)73-50-78(49-55-15-9-7-10-16-55,66-41-38-61(72)39-42-66)76-19-12-8-11-17-70(73)76;4-1-3-2-5-3/h5,7-11,13-46,68,72-75,80H,3-4,6,12,47-53H2,1-2H3;3-4H,1-2H2/b40-21-,65-5+;. The highest BCUT2D eigenvalue weighted by molar-refractivity contribution is 8.06. The van der Waals surface area contributed by atoms with E-state index in [0.717, 1.165) is 48.5 Å². The van der Waals surface area contributed by atoms with Crippen LogP contribution >= 0.6 is 23.5 Å². The first-order chi connectivity index (χ1) is 42.7. The van der Waals surface area contributed by atoms with Gasteiger partial charge in [-0.3, -0.25) is 0 Å². The van der Waals surface area contributed by atoms with Gasteiger partial charge in [0.25, 0.3) is 0 Å². The lowest BCUT2D eigenvalue weighted by atomic mass is 9.68. The number of rotatable bonds is 14. The van der Waals surface area contributed by atoms with Crippen molar-refractivity contribution >= 4 is 23.5 Å². The highest BCUT2D eigenvalue weighted by Gasteiger charge is 2.49. The van der Waals surface area contributed by atoms with Gasteiger partial charge in [-0.05, 0) is 164 Å². The van der Waals surface area contributed by atoms with Crippen molar-refractivity contribution < 1.29 is 14.9 Å². The molecule has 0 aromatic heterocycles. The van der Waals surface area contributed by atoms with Gasteiger partial charge in [0.2, 0.25) is 0 Å². The van der Waals surface area contributed by atoms with E-state index in [-0.39, 0.29) is 35.7 Å². The van der Waals surface area contributed by atoms with E-state index in [2.05, 4.69) is 257 Å². The molecule has 8 aromatic rings. The predicted octanol–water partition coefficient (Wildman–Crippen LogP) is 19.4. The zero-order valence-corrected chi connectivity index (χ0v) is 52.0. The number of thioether (sulfide) groups is 2. The number of hydrogen-bond acceptors (Lipinski definition) is 5. The molecule has 0 amide bonds. The minimum Gasteiger partial charge on any atom is -0.491 e. The third-order valence-electron chi connectivity index (χ3n) is 19.6. The number of benzene rings is 8. The Morgan fingerprint density at radius 2 is 1.25 bits per heavy atom. The molecule has 0 spiro atoms. The summed E-state index contributed by atoms with van der Waals surface area (Å²) in [5.74, 6) is 4.70. The first kappa shape index (κ1) is 58.6. The zero-order chi connectivity index (χ0) is 59.3. The van der Waals surface area contributed by atoms with Crippen LogP contribution in [0.15, 0.2) is 272 Å². The van der Waals surface area contributed by atoms with E-state index in [0.29, 0.717) is 18.3 Å². The number of fused-ring (bicyclic) bond motifs is 5. The number of hydrogen-bond donors (Lipinski definition) is 2. The van der Waals surface area contributed by atoms with E-state index in [4.69, 9.17) is 16.4 Å². The van der Waals surface area contributed by atoms with Crippen molar-refractivity contribution in [3.63, 3.8) is 0 Å². The van der Waals surface area contributed by atoms with Crippen LogP contribution in [0, 0.1) is 0 Å². The number of unbranched alkanes of at least 4 members (excludes halogenated alkanes) is 1. The summed E-state index contributed by atoms with van der Waals surface area (Å²) in [6.07, 6.45) is 22.4. The number of ether oxygens (including phenoxy) is 1. The molecule has 5 heteroatoms. The second-order valence-electron chi connectivity index (χ2n) is 24.8. The maximum Gasteiger partial charge on any atom is 0.119 e. The quantitative estimate of drug-likeness (QED) is 0.0839. The highest BCUT2D eigenvalue weighted by Crippen LogP contribution is 2.59. The molecule has 12 aliphatic rings. The Labute approximate surface area is 525 Å². The first-order valence-corrected chi connectivity index (χ1v) is 33.9. The second kappa shape index (κ2) is 26.1. The van der Waals surface area contributed by atoms with Gasteiger partial charge in [-0.2, -0.15) is 23.5 Å². The van der Waals surface area contributed by atoms with E-state index in [1.165, 1.54) is 113 Å².